The number of benzene rings is 1. The van der Waals surface area contributed by atoms with Crippen molar-refractivity contribution in [3.05, 3.63) is 71.4 Å². The first kappa shape index (κ1) is 24.2. The molecule has 0 unspecified atom stereocenters. The summed E-state index contributed by atoms with van der Waals surface area (Å²) in [6, 6.07) is 7.67. The van der Waals surface area contributed by atoms with Crippen LogP contribution in [-0.4, -0.2) is 37.9 Å². The van der Waals surface area contributed by atoms with Crippen LogP contribution in [0.1, 0.15) is 43.8 Å². The maximum Gasteiger partial charge on any atom is 0.163 e. The molecule has 178 valence electrons. The molecule has 4 heterocycles. The van der Waals surface area contributed by atoms with Crippen LogP contribution in [0.15, 0.2) is 49.1 Å². The number of aryl methyl sites for hydroxylation is 1. The van der Waals surface area contributed by atoms with E-state index in [-0.39, 0.29) is 5.56 Å². The summed E-state index contributed by atoms with van der Waals surface area (Å²) in [6.45, 7) is 3.75. The highest BCUT2D eigenvalue weighted by Crippen LogP contribution is 2.33. The van der Waals surface area contributed by atoms with Gasteiger partial charge in [-0.3, -0.25) is 4.68 Å². The molecule has 0 amide bonds. The van der Waals surface area contributed by atoms with Gasteiger partial charge in [0.15, 0.2) is 5.65 Å². The van der Waals surface area contributed by atoms with E-state index in [1.165, 1.54) is 50.6 Å². The van der Waals surface area contributed by atoms with Crippen molar-refractivity contribution in [3.63, 3.8) is 0 Å². The molecular weight excluding hydrogens is 460 g/mol. The first-order valence-corrected chi connectivity index (χ1v) is 11.7. The molecule has 0 N–H and O–H groups in total. The smallest absolute Gasteiger partial charge is 0.163 e. The van der Waals surface area contributed by atoms with Crippen molar-refractivity contribution in [2.75, 3.05) is 13.2 Å². The summed E-state index contributed by atoms with van der Waals surface area (Å²) in [4.78, 5) is 12.3. The predicted octanol–water partition coefficient (Wildman–Crippen LogP) is 6.34. The monoisotopic (exact) mass is 485 g/mol. The molecule has 0 radical (unpaired) electrons. The fourth-order valence-corrected chi connectivity index (χ4v) is 3.62. The molecule has 1 saturated heterocycles. The number of aromatic nitrogens is 5. The van der Waals surface area contributed by atoms with E-state index in [9.17, 15) is 8.78 Å². The zero-order chi connectivity index (χ0) is 23.9. The van der Waals surface area contributed by atoms with Gasteiger partial charge in [0.25, 0.3) is 0 Å². The summed E-state index contributed by atoms with van der Waals surface area (Å²) in [5.74, 6) is -1.33. The van der Waals surface area contributed by atoms with Gasteiger partial charge < -0.3 is 4.74 Å². The van der Waals surface area contributed by atoms with Crippen molar-refractivity contribution in [1.82, 2.24) is 24.7 Å². The second-order valence-electron chi connectivity index (χ2n) is 8.16. The zero-order valence-electron chi connectivity index (χ0n) is 18.9. The Hall–Kier alpha value is -2.97. The van der Waals surface area contributed by atoms with Gasteiger partial charge in [0, 0.05) is 42.6 Å². The first-order chi connectivity index (χ1) is 16.5. The topological polar surface area (TPSA) is 65.7 Å². The Labute approximate surface area is 202 Å². The van der Waals surface area contributed by atoms with Crippen LogP contribution in [0.3, 0.4) is 0 Å². The summed E-state index contributed by atoms with van der Waals surface area (Å²) in [5, 5.41) is 5.06. The molecule has 4 aromatic rings. The minimum absolute atomic E-state index is 0.181. The lowest BCUT2D eigenvalue weighted by molar-refractivity contribution is 0.0968. The van der Waals surface area contributed by atoms with Crippen LogP contribution in [-0.2, 0) is 4.74 Å². The number of rotatable bonds is 2. The first-order valence-electron chi connectivity index (χ1n) is 11.3. The van der Waals surface area contributed by atoms with Crippen molar-refractivity contribution in [1.29, 1.82) is 0 Å². The summed E-state index contributed by atoms with van der Waals surface area (Å²) >= 11 is 6.04. The van der Waals surface area contributed by atoms with Gasteiger partial charge in [0.05, 0.1) is 22.5 Å². The van der Waals surface area contributed by atoms with Gasteiger partial charge >= 0.3 is 0 Å². The Balaban J connectivity index is 0.000000158. The van der Waals surface area contributed by atoms with Crippen LogP contribution in [0, 0.1) is 18.6 Å². The molecule has 6 rings (SSSR count). The lowest BCUT2D eigenvalue weighted by Crippen LogP contribution is -2.03. The molecule has 1 aliphatic carbocycles. The van der Waals surface area contributed by atoms with Gasteiger partial charge in [-0.1, -0.05) is 11.6 Å². The minimum atomic E-state index is -0.693. The maximum atomic E-state index is 13.9. The number of hydrogen-bond acceptors (Lipinski definition) is 5. The largest absolute Gasteiger partial charge is 0.381 e. The maximum absolute atomic E-state index is 13.9. The number of ether oxygens (including phenoxy) is 1. The van der Waals surface area contributed by atoms with Crippen molar-refractivity contribution in [3.8, 4) is 11.3 Å². The van der Waals surface area contributed by atoms with Gasteiger partial charge in [0.2, 0.25) is 0 Å². The van der Waals surface area contributed by atoms with Gasteiger partial charge in [-0.15, -0.1) is 0 Å². The predicted molar refractivity (Wildman–Crippen MR) is 128 cm³/mol. The van der Waals surface area contributed by atoms with Gasteiger partial charge in [0.1, 0.15) is 18.0 Å². The third-order valence-corrected chi connectivity index (χ3v) is 5.85. The highest BCUT2D eigenvalue weighted by molar-refractivity contribution is 6.31. The highest BCUT2D eigenvalue weighted by atomic mass is 35.5. The molecule has 0 atom stereocenters. The second kappa shape index (κ2) is 11.4. The molecule has 9 heteroatoms. The molecular formula is C25H26ClF2N5O. The normalized spacial score (nSPS) is 15.2. The minimum Gasteiger partial charge on any atom is -0.381 e. The quantitative estimate of drug-likeness (QED) is 0.331. The second-order valence-corrected chi connectivity index (χ2v) is 8.57. The fraction of sp³-hybridized carbons (Fsp3) is 0.360. The van der Waals surface area contributed by atoms with E-state index >= 15 is 0 Å². The van der Waals surface area contributed by atoms with Gasteiger partial charge in [-0.25, -0.2) is 23.7 Å². The van der Waals surface area contributed by atoms with E-state index in [0.29, 0.717) is 27.4 Å². The third kappa shape index (κ3) is 6.33. The molecule has 2 fully saturated rings. The summed E-state index contributed by atoms with van der Waals surface area (Å²) in [7, 11) is 0. The van der Waals surface area contributed by atoms with Crippen LogP contribution >= 0.6 is 11.6 Å². The Morgan fingerprint density at radius 1 is 1.06 bits per heavy atom. The molecule has 1 aliphatic heterocycles. The zero-order valence-corrected chi connectivity index (χ0v) is 19.7. The van der Waals surface area contributed by atoms with E-state index in [1.54, 1.807) is 13.0 Å². The Morgan fingerprint density at radius 2 is 1.85 bits per heavy atom. The summed E-state index contributed by atoms with van der Waals surface area (Å²) < 4.78 is 34.0. The average Bonchev–Trinajstić information content (AvgIpc) is 3.55. The van der Waals surface area contributed by atoms with E-state index < -0.39 is 11.6 Å². The van der Waals surface area contributed by atoms with E-state index in [4.69, 9.17) is 16.3 Å². The number of pyridine rings is 1. The summed E-state index contributed by atoms with van der Waals surface area (Å²) in [5.41, 5.74) is 1.56. The molecule has 2 aliphatic rings. The van der Waals surface area contributed by atoms with Crippen molar-refractivity contribution < 1.29 is 13.5 Å². The van der Waals surface area contributed by atoms with Crippen molar-refractivity contribution in [2.45, 2.75) is 45.1 Å². The van der Waals surface area contributed by atoms with Crippen LogP contribution in [0.2, 0.25) is 5.02 Å². The molecule has 0 spiro atoms. The van der Waals surface area contributed by atoms with Gasteiger partial charge in [-0.2, -0.15) is 5.10 Å². The molecule has 34 heavy (non-hydrogen) atoms. The summed E-state index contributed by atoms with van der Waals surface area (Å²) in [6.07, 6.45) is 11.7. The van der Waals surface area contributed by atoms with Crippen LogP contribution in [0.25, 0.3) is 22.3 Å². The number of fused-ring (bicyclic) bond motifs is 1. The molecule has 1 saturated carbocycles. The van der Waals surface area contributed by atoms with E-state index in [2.05, 4.69) is 20.1 Å². The Kier molecular flexibility index (Phi) is 8.13. The van der Waals surface area contributed by atoms with Gasteiger partial charge in [-0.05, 0) is 63.3 Å². The fourth-order valence-electron chi connectivity index (χ4n) is 3.47. The van der Waals surface area contributed by atoms with E-state index in [0.717, 1.165) is 25.3 Å². The standard InChI is InChI=1S/C14H8ClF2N3.C6H8N2.C5H10O/c1-7-11(15)5-10-13(18-6-19-14(10)20-7)9-3-2-8(16)4-12(9)17;1-4-7-8(5-1)6-2-3-6;1-2-4-6-5-3-1/h2-6H,1H3;1,4-6H,2-3H2;1-5H2. The van der Waals surface area contributed by atoms with Crippen molar-refractivity contribution >= 4 is 22.6 Å². The Morgan fingerprint density at radius 3 is 2.44 bits per heavy atom. The lowest BCUT2D eigenvalue weighted by atomic mass is 10.1. The third-order valence-electron chi connectivity index (χ3n) is 5.46. The number of halogens is 3. The molecule has 1 aromatic carbocycles. The number of nitrogens with zero attached hydrogens (tertiary/aromatic N) is 5. The highest BCUT2D eigenvalue weighted by Gasteiger charge is 2.23. The number of hydrogen-bond donors (Lipinski definition) is 0. The van der Waals surface area contributed by atoms with Crippen LogP contribution < -0.4 is 0 Å². The molecule has 0 bridgehead atoms. The Bertz CT molecular complexity index is 1220. The average molecular weight is 486 g/mol. The SMILES string of the molecule is C1CCOCC1.Cc1nc2ncnc(-c3ccc(F)cc3F)c2cc1Cl.c1cnn(C2CC2)c1. The lowest BCUT2D eigenvalue weighted by Gasteiger charge is -2.08. The molecule has 3 aromatic heterocycles. The molecule has 6 nitrogen and oxygen atoms in total. The van der Waals surface area contributed by atoms with Crippen molar-refractivity contribution in [2.24, 2.45) is 0 Å². The van der Waals surface area contributed by atoms with Crippen LogP contribution in [0.5, 0.6) is 0 Å². The van der Waals surface area contributed by atoms with Crippen LogP contribution in [0.4, 0.5) is 8.78 Å². The van der Waals surface area contributed by atoms with E-state index in [1.807, 2.05) is 23.1 Å².